The largest absolute Gasteiger partial charge is 0.305 e. The lowest BCUT2D eigenvalue weighted by molar-refractivity contribution is -0.116. The number of thiazole rings is 1. The number of benzene rings is 1. The molecule has 1 N–H and O–H groups in total. The third kappa shape index (κ3) is 4.32. The minimum Gasteiger partial charge on any atom is -0.305 e. The van der Waals surface area contributed by atoms with Crippen LogP contribution in [0.5, 0.6) is 0 Å². The van der Waals surface area contributed by atoms with E-state index in [1.165, 1.54) is 29.6 Å². The molecule has 0 fully saturated rings. The third-order valence-corrected chi connectivity index (χ3v) is 6.79. The number of aromatic nitrogens is 3. The van der Waals surface area contributed by atoms with Crippen molar-refractivity contribution in [1.82, 2.24) is 15.0 Å². The molecule has 6 nitrogen and oxygen atoms in total. The molecule has 0 aliphatic rings. The van der Waals surface area contributed by atoms with Crippen molar-refractivity contribution in [3.8, 4) is 11.1 Å². The van der Waals surface area contributed by atoms with Crippen LogP contribution in [0.2, 0.25) is 0 Å². The molecule has 158 valence electrons. The summed E-state index contributed by atoms with van der Waals surface area (Å²) < 4.78 is 0. The fourth-order valence-electron chi connectivity index (χ4n) is 3.16. The lowest BCUT2D eigenvalue weighted by atomic mass is 10.1. The predicted octanol–water partition coefficient (Wildman–Crippen LogP) is 5.53. The molecular weight excluding hydrogens is 452 g/mol. The number of anilines is 1. The van der Waals surface area contributed by atoms with Crippen LogP contribution in [0.1, 0.15) is 30.9 Å². The summed E-state index contributed by atoms with van der Waals surface area (Å²) in [5, 5.41) is 5.17. The van der Waals surface area contributed by atoms with E-state index < -0.39 is 0 Å². The molecule has 4 rings (SSSR count). The highest BCUT2D eigenvalue weighted by molar-refractivity contribution is 7.17. The van der Waals surface area contributed by atoms with Crippen molar-refractivity contribution in [3.05, 3.63) is 62.5 Å². The highest BCUT2D eigenvalue weighted by Crippen LogP contribution is 2.32. The second-order valence-electron chi connectivity index (χ2n) is 6.92. The van der Waals surface area contributed by atoms with E-state index in [0.717, 1.165) is 16.7 Å². The zero-order chi connectivity index (χ0) is 22.1. The SMILES string of the molecule is CCN(C(C)=O)c1nc(/C=C(\Cl)c2nc3scc(-c4ccc(C)cc4)c3c(=O)[nH]2)cs1. The van der Waals surface area contributed by atoms with Gasteiger partial charge in [-0.15, -0.1) is 22.7 Å². The van der Waals surface area contributed by atoms with E-state index >= 15 is 0 Å². The molecule has 0 unspecified atom stereocenters. The Morgan fingerprint density at radius 2 is 1.94 bits per heavy atom. The van der Waals surface area contributed by atoms with Gasteiger partial charge in [0.15, 0.2) is 11.0 Å². The van der Waals surface area contributed by atoms with Crippen LogP contribution in [0.25, 0.3) is 32.5 Å². The number of aryl methyl sites for hydroxylation is 1. The summed E-state index contributed by atoms with van der Waals surface area (Å²) >= 11 is 9.22. The molecule has 31 heavy (non-hydrogen) atoms. The molecule has 0 saturated carbocycles. The number of fused-ring (bicyclic) bond motifs is 1. The zero-order valence-corrected chi connectivity index (χ0v) is 19.5. The maximum atomic E-state index is 12.9. The van der Waals surface area contributed by atoms with Crippen LogP contribution < -0.4 is 10.5 Å². The lowest BCUT2D eigenvalue weighted by Gasteiger charge is -2.14. The molecule has 1 aromatic carbocycles. The summed E-state index contributed by atoms with van der Waals surface area (Å²) in [5.41, 5.74) is 3.34. The fraction of sp³-hybridized carbons (Fsp3) is 0.182. The number of rotatable bonds is 5. The smallest absolute Gasteiger partial charge is 0.260 e. The van der Waals surface area contributed by atoms with Gasteiger partial charge in [-0.25, -0.2) is 9.97 Å². The molecule has 0 spiro atoms. The summed E-state index contributed by atoms with van der Waals surface area (Å²) in [4.78, 5) is 38.6. The summed E-state index contributed by atoms with van der Waals surface area (Å²) in [6.45, 7) is 5.95. The Hall–Kier alpha value is -2.81. The van der Waals surface area contributed by atoms with Crippen LogP contribution in [0.4, 0.5) is 5.13 Å². The molecule has 0 aliphatic heterocycles. The number of halogens is 1. The van der Waals surface area contributed by atoms with Gasteiger partial charge in [0.1, 0.15) is 4.83 Å². The van der Waals surface area contributed by atoms with Crippen molar-refractivity contribution < 1.29 is 4.79 Å². The van der Waals surface area contributed by atoms with Gasteiger partial charge in [-0.3, -0.25) is 14.5 Å². The highest BCUT2D eigenvalue weighted by Gasteiger charge is 2.16. The van der Waals surface area contributed by atoms with Crippen LogP contribution in [-0.4, -0.2) is 27.4 Å². The Morgan fingerprint density at radius 1 is 1.19 bits per heavy atom. The van der Waals surface area contributed by atoms with Gasteiger partial charge in [0.25, 0.3) is 5.56 Å². The minimum absolute atomic E-state index is 0.0722. The predicted molar refractivity (Wildman–Crippen MR) is 130 cm³/mol. The quantitative estimate of drug-likeness (QED) is 0.416. The molecule has 4 aromatic rings. The molecule has 0 saturated heterocycles. The van der Waals surface area contributed by atoms with Crippen LogP contribution in [-0.2, 0) is 4.79 Å². The normalized spacial score (nSPS) is 11.8. The van der Waals surface area contributed by atoms with E-state index in [2.05, 4.69) is 15.0 Å². The molecule has 3 aromatic heterocycles. The average Bonchev–Trinajstić information content (AvgIpc) is 3.36. The number of aromatic amines is 1. The molecule has 1 amide bonds. The van der Waals surface area contributed by atoms with Crippen LogP contribution in [0.3, 0.4) is 0 Å². The Morgan fingerprint density at radius 3 is 2.61 bits per heavy atom. The topological polar surface area (TPSA) is 79.0 Å². The summed E-state index contributed by atoms with van der Waals surface area (Å²) in [6, 6.07) is 8.03. The molecule has 0 bridgehead atoms. The van der Waals surface area contributed by atoms with E-state index in [-0.39, 0.29) is 22.3 Å². The van der Waals surface area contributed by atoms with Crippen LogP contribution in [0, 0.1) is 6.92 Å². The van der Waals surface area contributed by atoms with E-state index in [4.69, 9.17) is 11.6 Å². The first-order valence-corrected chi connectivity index (χ1v) is 11.7. The monoisotopic (exact) mass is 470 g/mol. The Bertz CT molecular complexity index is 1350. The van der Waals surface area contributed by atoms with Gasteiger partial charge >= 0.3 is 0 Å². The number of carbonyl (C=O) groups excluding carboxylic acids is 1. The number of carbonyl (C=O) groups is 1. The van der Waals surface area contributed by atoms with Crippen LogP contribution >= 0.6 is 34.3 Å². The van der Waals surface area contributed by atoms with Gasteiger partial charge in [0.2, 0.25) is 5.91 Å². The van der Waals surface area contributed by atoms with Crippen molar-refractivity contribution >= 4 is 66.6 Å². The van der Waals surface area contributed by atoms with Gasteiger partial charge < -0.3 is 4.98 Å². The Balaban J connectivity index is 1.69. The number of hydrogen-bond acceptors (Lipinski definition) is 6. The maximum Gasteiger partial charge on any atom is 0.260 e. The third-order valence-electron chi connectivity index (χ3n) is 4.74. The Labute approximate surface area is 191 Å². The standard InChI is InChI=1S/C22H19ClN4O2S2/c1-4-27(13(3)28)22-24-15(10-31-22)9-17(23)19-25-20(29)18-16(11-30-21(18)26-19)14-7-5-12(2)6-8-14/h5-11H,4H2,1-3H3,(H,25,26,29)/b17-9-. The summed E-state index contributed by atoms with van der Waals surface area (Å²) in [7, 11) is 0. The molecular formula is C22H19ClN4O2S2. The highest BCUT2D eigenvalue weighted by atomic mass is 35.5. The summed E-state index contributed by atoms with van der Waals surface area (Å²) in [6.07, 6.45) is 1.63. The number of amides is 1. The van der Waals surface area contributed by atoms with E-state index in [1.54, 1.807) is 16.4 Å². The van der Waals surface area contributed by atoms with Crippen LogP contribution in [0.15, 0.2) is 39.8 Å². The lowest BCUT2D eigenvalue weighted by Crippen LogP contribution is -2.27. The molecule has 3 heterocycles. The average molecular weight is 471 g/mol. The molecule has 9 heteroatoms. The second kappa shape index (κ2) is 8.74. The van der Waals surface area contributed by atoms with E-state index in [9.17, 15) is 9.59 Å². The van der Waals surface area contributed by atoms with Crippen molar-refractivity contribution in [1.29, 1.82) is 0 Å². The van der Waals surface area contributed by atoms with Gasteiger partial charge in [-0.05, 0) is 25.5 Å². The van der Waals surface area contributed by atoms with Gasteiger partial charge in [-0.2, -0.15) is 0 Å². The number of nitrogens with one attached hydrogen (secondary N) is 1. The van der Waals surface area contributed by atoms with Crippen molar-refractivity contribution in [2.45, 2.75) is 20.8 Å². The first-order valence-electron chi connectivity index (χ1n) is 9.57. The first kappa shape index (κ1) is 21.4. The number of H-pyrrole nitrogens is 1. The summed E-state index contributed by atoms with van der Waals surface area (Å²) in [5.74, 6) is 0.210. The van der Waals surface area contributed by atoms with Gasteiger partial charge in [0.05, 0.1) is 16.1 Å². The molecule has 0 atom stereocenters. The van der Waals surface area contributed by atoms with Crippen molar-refractivity contribution in [2.75, 3.05) is 11.4 Å². The first-order chi connectivity index (χ1) is 14.9. The van der Waals surface area contributed by atoms with Gasteiger partial charge in [-0.1, -0.05) is 41.4 Å². The van der Waals surface area contributed by atoms with Crippen molar-refractivity contribution in [2.24, 2.45) is 0 Å². The van der Waals surface area contributed by atoms with E-state index in [1.807, 2.05) is 43.5 Å². The number of nitrogens with zero attached hydrogens (tertiary/aromatic N) is 3. The minimum atomic E-state index is -0.240. The second-order valence-corrected chi connectivity index (χ2v) is 9.02. The Kier molecular flexibility index (Phi) is 6.04. The number of thiophene rings is 1. The number of hydrogen-bond donors (Lipinski definition) is 1. The van der Waals surface area contributed by atoms with E-state index in [0.29, 0.717) is 27.6 Å². The molecule has 0 aliphatic carbocycles. The fourth-order valence-corrected chi connectivity index (χ4v) is 5.20. The zero-order valence-electron chi connectivity index (χ0n) is 17.1. The maximum absolute atomic E-state index is 12.9. The van der Waals surface area contributed by atoms with Gasteiger partial charge in [0, 0.05) is 29.8 Å². The van der Waals surface area contributed by atoms with Crippen molar-refractivity contribution in [3.63, 3.8) is 0 Å². The molecule has 0 radical (unpaired) electrons.